The van der Waals surface area contributed by atoms with Crippen molar-refractivity contribution in [2.45, 2.75) is 46.6 Å². The number of aromatic nitrogens is 1. The summed E-state index contributed by atoms with van der Waals surface area (Å²) in [5, 5.41) is 3.33. The Labute approximate surface area is 255 Å². The van der Waals surface area contributed by atoms with Gasteiger partial charge in [-0.15, -0.1) is 0 Å². The topological polar surface area (TPSA) is 83.3 Å². The smallest absolute Gasteiger partial charge is 0.493 e. The summed E-state index contributed by atoms with van der Waals surface area (Å²) >= 11 is 3.39. The van der Waals surface area contributed by atoms with Gasteiger partial charge in [0, 0.05) is 36.2 Å². The molecule has 0 unspecified atom stereocenters. The molecule has 0 spiro atoms. The number of esters is 1. The van der Waals surface area contributed by atoms with Crippen molar-refractivity contribution in [1.29, 1.82) is 0 Å². The lowest BCUT2D eigenvalue weighted by molar-refractivity contribution is -0.142. The molecule has 8 nitrogen and oxygen atoms in total. The maximum absolute atomic E-state index is 15.2. The van der Waals surface area contributed by atoms with Crippen molar-refractivity contribution >= 4 is 46.0 Å². The molecule has 4 rings (SSSR count). The van der Waals surface area contributed by atoms with Gasteiger partial charge in [0.25, 0.3) is 0 Å². The van der Waals surface area contributed by atoms with Crippen LogP contribution in [0, 0.1) is 17.8 Å². The number of nitrogens with zero attached hydrogens (tertiary/aromatic N) is 2. The number of benzene rings is 2. The van der Waals surface area contributed by atoms with Gasteiger partial charge in [0.15, 0.2) is 5.69 Å². The predicted octanol–water partition coefficient (Wildman–Crippen LogP) is 6.03. The van der Waals surface area contributed by atoms with Crippen molar-refractivity contribution in [2.75, 3.05) is 31.7 Å². The van der Waals surface area contributed by atoms with Crippen molar-refractivity contribution in [3.8, 4) is 5.75 Å². The van der Waals surface area contributed by atoms with E-state index >= 15 is 4.39 Å². The summed E-state index contributed by atoms with van der Waals surface area (Å²) in [6.07, 6.45) is 1.16. The van der Waals surface area contributed by atoms with Gasteiger partial charge in [-0.25, -0.2) is 14.2 Å². The third-order valence-electron chi connectivity index (χ3n) is 6.67. The standard InChI is InChI=1S/C31H34BBrFN3O5/c1-5-39-30(38)16-23-15-26(34)25(32-41-19-31(2,3)20-42-32)17-27(23)40-13-7-8-21-14-24(35-4)12-11-22(21)18-36-29-10-6-9-28(33)37-29/h6,9-12,14-15,17H,5,7-8,13,16,18-20H2,1-3H3,(H,36,37). The van der Waals surface area contributed by atoms with Crippen LogP contribution in [0.4, 0.5) is 15.9 Å². The summed E-state index contributed by atoms with van der Waals surface area (Å²) in [4.78, 5) is 20.2. The van der Waals surface area contributed by atoms with Gasteiger partial charge >= 0.3 is 13.1 Å². The number of carbonyl (C=O) groups is 1. The Morgan fingerprint density at radius 3 is 2.67 bits per heavy atom. The SMILES string of the molecule is [C-]#[N+]c1ccc(CNc2cccc(Br)n2)c(CCCOc2cc(B3OCC(C)(C)CO3)c(F)cc2CC(=O)OCC)c1. The minimum Gasteiger partial charge on any atom is -0.493 e. The van der Waals surface area contributed by atoms with Crippen molar-refractivity contribution in [1.82, 2.24) is 4.98 Å². The number of pyridine rings is 1. The summed E-state index contributed by atoms with van der Waals surface area (Å²) in [5.41, 5.74) is 3.09. The van der Waals surface area contributed by atoms with Crippen LogP contribution in [-0.2, 0) is 38.2 Å². The summed E-state index contributed by atoms with van der Waals surface area (Å²) in [6, 6.07) is 14.2. The number of hydrogen-bond donors (Lipinski definition) is 1. The minimum atomic E-state index is -0.858. The molecule has 0 atom stereocenters. The van der Waals surface area contributed by atoms with Crippen LogP contribution < -0.4 is 15.5 Å². The van der Waals surface area contributed by atoms with Crippen LogP contribution in [0.3, 0.4) is 0 Å². The first kappa shape index (κ1) is 31.5. The second-order valence-corrected chi connectivity index (χ2v) is 11.6. The third kappa shape index (κ3) is 8.77. The zero-order valence-electron chi connectivity index (χ0n) is 24.0. The van der Waals surface area contributed by atoms with Crippen LogP contribution in [0.2, 0.25) is 0 Å². The Morgan fingerprint density at radius 2 is 1.95 bits per heavy atom. The minimum absolute atomic E-state index is 0.119. The maximum atomic E-state index is 15.2. The highest BCUT2D eigenvalue weighted by Crippen LogP contribution is 2.26. The number of rotatable bonds is 12. The molecule has 0 bridgehead atoms. The fraction of sp³-hybridized carbons (Fsp3) is 0.387. The molecule has 3 aromatic rings. The first-order valence-corrected chi connectivity index (χ1v) is 14.7. The number of ether oxygens (including phenoxy) is 2. The molecular formula is C31H34BBrFN3O5. The molecular weight excluding hydrogens is 604 g/mol. The molecule has 1 N–H and O–H groups in total. The van der Waals surface area contributed by atoms with E-state index in [1.54, 1.807) is 19.1 Å². The molecule has 2 aromatic carbocycles. The molecule has 1 aliphatic heterocycles. The lowest BCUT2D eigenvalue weighted by Gasteiger charge is -2.33. The second-order valence-electron chi connectivity index (χ2n) is 10.8. The van der Waals surface area contributed by atoms with E-state index in [0.29, 0.717) is 56.2 Å². The Kier molecular flexibility index (Phi) is 11.0. The van der Waals surface area contributed by atoms with Crippen LogP contribution in [0.5, 0.6) is 5.75 Å². The number of halogens is 2. The zero-order valence-corrected chi connectivity index (χ0v) is 25.6. The maximum Gasteiger partial charge on any atom is 0.497 e. The van der Waals surface area contributed by atoms with Gasteiger partial charge < -0.3 is 24.1 Å². The van der Waals surface area contributed by atoms with E-state index in [0.717, 1.165) is 21.5 Å². The molecule has 0 saturated carbocycles. The molecule has 2 heterocycles. The predicted molar refractivity (Wildman–Crippen MR) is 164 cm³/mol. The fourth-order valence-electron chi connectivity index (χ4n) is 4.53. The van der Waals surface area contributed by atoms with Crippen molar-refractivity contribution in [2.24, 2.45) is 5.41 Å². The lowest BCUT2D eigenvalue weighted by atomic mass is 9.75. The largest absolute Gasteiger partial charge is 0.497 e. The molecule has 0 amide bonds. The lowest BCUT2D eigenvalue weighted by Crippen LogP contribution is -2.48. The first-order chi connectivity index (χ1) is 20.2. The number of anilines is 1. The average Bonchev–Trinajstić information content (AvgIpc) is 2.96. The molecule has 0 radical (unpaired) electrons. The summed E-state index contributed by atoms with van der Waals surface area (Å²) in [6.45, 7) is 15.1. The Hall–Kier alpha value is -3.46. The fourth-order valence-corrected chi connectivity index (χ4v) is 4.87. The van der Waals surface area contributed by atoms with Gasteiger partial charge in [0.2, 0.25) is 0 Å². The molecule has 1 fully saturated rings. The molecule has 0 aliphatic carbocycles. The van der Waals surface area contributed by atoms with Crippen molar-refractivity contribution < 1.29 is 28.0 Å². The number of carbonyl (C=O) groups excluding carboxylic acids is 1. The normalized spacial score (nSPS) is 14.2. The third-order valence-corrected chi connectivity index (χ3v) is 7.11. The van der Waals surface area contributed by atoms with Crippen LogP contribution in [0.15, 0.2) is 53.1 Å². The van der Waals surface area contributed by atoms with E-state index < -0.39 is 18.9 Å². The summed E-state index contributed by atoms with van der Waals surface area (Å²) in [5.74, 6) is 0.131. The molecule has 1 saturated heterocycles. The van der Waals surface area contributed by atoms with E-state index in [4.69, 9.17) is 25.4 Å². The summed E-state index contributed by atoms with van der Waals surface area (Å²) in [7, 11) is -0.858. The summed E-state index contributed by atoms with van der Waals surface area (Å²) < 4.78 is 38.8. The molecule has 220 valence electrons. The van der Waals surface area contributed by atoms with E-state index in [1.165, 1.54) is 6.07 Å². The Balaban J connectivity index is 1.46. The monoisotopic (exact) mass is 637 g/mol. The average molecular weight is 638 g/mol. The van der Waals surface area contributed by atoms with Gasteiger partial charge in [0.05, 0.1) is 26.2 Å². The van der Waals surface area contributed by atoms with Gasteiger partial charge in [0.1, 0.15) is 22.0 Å². The van der Waals surface area contributed by atoms with Gasteiger partial charge in [-0.05, 0) is 65.5 Å². The van der Waals surface area contributed by atoms with E-state index in [2.05, 4.69) is 31.1 Å². The van der Waals surface area contributed by atoms with Crippen molar-refractivity contribution in [3.05, 3.63) is 87.1 Å². The highest BCUT2D eigenvalue weighted by molar-refractivity contribution is 9.10. The first-order valence-electron chi connectivity index (χ1n) is 13.9. The highest BCUT2D eigenvalue weighted by Gasteiger charge is 2.36. The van der Waals surface area contributed by atoms with Crippen molar-refractivity contribution in [3.63, 3.8) is 0 Å². The van der Waals surface area contributed by atoms with E-state index in [-0.39, 0.29) is 23.9 Å². The van der Waals surface area contributed by atoms with Gasteiger partial charge in [-0.3, -0.25) is 4.79 Å². The van der Waals surface area contributed by atoms with Gasteiger partial charge in [-0.1, -0.05) is 43.7 Å². The molecule has 11 heteroatoms. The second kappa shape index (κ2) is 14.6. The van der Waals surface area contributed by atoms with Crippen LogP contribution in [0.25, 0.3) is 4.85 Å². The van der Waals surface area contributed by atoms with Gasteiger partial charge in [-0.2, -0.15) is 0 Å². The molecule has 1 aromatic heterocycles. The Bertz CT molecular complexity index is 1440. The Morgan fingerprint density at radius 1 is 1.17 bits per heavy atom. The number of nitrogens with one attached hydrogen (secondary N) is 1. The molecule has 1 aliphatic rings. The molecule has 42 heavy (non-hydrogen) atoms. The van der Waals surface area contributed by atoms with Crippen LogP contribution >= 0.6 is 15.9 Å². The number of aryl methyl sites for hydroxylation is 1. The van der Waals surface area contributed by atoms with Crippen LogP contribution in [0.1, 0.15) is 43.9 Å². The van der Waals surface area contributed by atoms with E-state index in [1.807, 2.05) is 44.2 Å². The van der Waals surface area contributed by atoms with Crippen LogP contribution in [-0.4, -0.2) is 44.5 Å². The quantitative estimate of drug-likeness (QED) is 0.0853. The number of hydrogen-bond acceptors (Lipinski definition) is 7. The highest BCUT2D eigenvalue weighted by atomic mass is 79.9. The zero-order chi connectivity index (χ0) is 30.1. The van der Waals surface area contributed by atoms with E-state index in [9.17, 15) is 4.79 Å².